The van der Waals surface area contributed by atoms with Crippen molar-refractivity contribution in [2.75, 3.05) is 12.8 Å². The molecule has 3 rings (SSSR count). The van der Waals surface area contributed by atoms with Crippen LogP contribution in [0.15, 0.2) is 34.7 Å². The number of furan rings is 1. The Kier molecular flexibility index (Phi) is 4.94. The summed E-state index contributed by atoms with van der Waals surface area (Å²) in [5, 5.41) is 0. The Bertz CT molecular complexity index is 952. The first-order valence-corrected chi connectivity index (χ1v) is 7.94. The molecule has 3 aromatic heterocycles. The summed E-state index contributed by atoms with van der Waals surface area (Å²) in [5.74, 6) is 0.463. The lowest BCUT2D eigenvalue weighted by Crippen LogP contribution is -2.19. The fourth-order valence-electron chi connectivity index (χ4n) is 2.68. The third-order valence-corrected chi connectivity index (χ3v) is 3.75. The van der Waals surface area contributed by atoms with Gasteiger partial charge in [0.1, 0.15) is 17.1 Å². The second kappa shape index (κ2) is 7.32. The second-order valence-corrected chi connectivity index (χ2v) is 5.76. The summed E-state index contributed by atoms with van der Waals surface area (Å²) in [6, 6.07) is 9.14. The standard InChI is InChI=1S/C18H19N5O3/c1-10-6-7-14(26-10)15-13(16(17(19)24)23-18(20)22-15)8-11-4-3-5-12(21-11)9-25-2/h3-7H,8-9H2,1-2H3,(H2,19,24)(H2,20,22,23). The lowest BCUT2D eigenvalue weighted by atomic mass is 10.0. The minimum Gasteiger partial charge on any atom is -0.460 e. The van der Waals surface area contributed by atoms with Crippen LogP contribution in [0.2, 0.25) is 0 Å². The maximum absolute atomic E-state index is 11.9. The van der Waals surface area contributed by atoms with Gasteiger partial charge >= 0.3 is 0 Å². The molecule has 1 amide bonds. The fourth-order valence-corrected chi connectivity index (χ4v) is 2.68. The van der Waals surface area contributed by atoms with Crippen LogP contribution in [0.25, 0.3) is 11.5 Å². The third-order valence-electron chi connectivity index (χ3n) is 3.75. The molecule has 0 aliphatic carbocycles. The number of anilines is 1. The van der Waals surface area contributed by atoms with Crippen molar-refractivity contribution >= 4 is 11.9 Å². The number of hydrogen-bond acceptors (Lipinski definition) is 7. The number of carbonyl (C=O) groups is 1. The Labute approximate surface area is 150 Å². The molecule has 0 aliphatic rings. The van der Waals surface area contributed by atoms with Gasteiger partial charge in [-0.1, -0.05) is 6.07 Å². The van der Waals surface area contributed by atoms with Crippen molar-refractivity contribution < 1.29 is 13.9 Å². The number of pyridine rings is 1. The molecule has 0 atom stereocenters. The van der Waals surface area contributed by atoms with E-state index in [0.717, 1.165) is 11.4 Å². The van der Waals surface area contributed by atoms with Gasteiger partial charge in [-0.15, -0.1) is 0 Å². The Morgan fingerprint density at radius 2 is 1.92 bits per heavy atom. The van der Waals surface area contributed by atoms with E-state index in [1.54, 1.807) is 19.2 Å². The maximum atomic E-state index is 11.9. The molecule has 134 valence electrons. The van der Waals surface area contributed by atoms with Gasteiger partial charge in [0.25, 0.3) is 5.91 Å². The highest BCUT2D eigenvalue weighted by atomic mass is 16.5. The zero-order chi connectivity index (χ0) is 18.7. The quantitative estimate of drug-likeness (QED) is 0.691. The lowest BCUT2D eigenvalue weighted by molar-refractivity contribution is 0.0994. The van der Waals surface area contributed by atoms with Gasteiger partial charge in [0.15, 0.2) is 5.76 Å². The van der Waals surface area contributed by atoms with Crippen molar-refractivity contribution in [2.45, 2.75) is 20.0 Å². The van der Waals surface area contributed by atoms with Gasteiger partial charge in [-0.05, 0) is 31.2 Å². The van der Waals surface area contributed by atoms with E-state index in [1.165, 1.54) is 0 Å². The van der Waals surface area contributed by atoms with Crippen LogP contribution in [-0.2, 0) is 17.8 Å². The van der Waals surface area contributed by atoms with Crippen molar-refractivity contribution in [3.63, 3.8) is 0 Å². The number of nitrogens with zero attached hydrogens (tertiary/aromatic N) is 3. The van der Waals surface area contributed by atoms with Crippen LogP contribution in [0, 0.1) is 6.92 Å². The van der Waals surface area contributed by atoms with Gasteiger partial charge in [0.2, 0.25) is 5.95 Å². The van der Waals surface area contributed by atoms with Gasteiger partial charge < -0.3 is 20.6 Å². The van der Waals surface area contributed by atoms with Crippen LogP contribution in [0.1, 0.15) is 33.2 Å². The first kappa shape index (κ1) is 17.6. The highest BCUT2D eigenvalue weighted by Crippen LogP contribution is 2.28. The molecule has 3 aromatic rings. The topological polar surface area (TPSA) is 130 Å². The lowest BCUT2D eigenvalue weighted by Gasteiger charge is -2.12. The van der Waals surface area contributed by atoms with Crippen molar-refractivity contribution in [2.24, 2.45) is 5.73 Å². The minimum atomic E-state index is -0.688. The third kappa shape index (κ3) is 3.70. The Balaban J connectivity index is 2.12. The number of primary amides is 1. The Morgan fingerprint density at radius 1 is 1.15 bits per heavy atom. The molecule has 26 heavy (non-hydrogen) atoms. The molecule has 0 saturated carbocycles. The highest BCUT2D eigenvalue weighted by Gasteiger charge is 2.21. The Hall–Kier alpha value is -3.26. The molecular weight excluding hydrogens is 334 g/mol. The van der Waals surface area contributed by atoms with Crippen LogP contribution in [0.4, 0.5) is 5.95 Å². The van der Waals surface area contributed by atoms with Crippen molar-refractivity contribution in [1.82, 2.24) is 15.0 Å². The predicted octanol–water partition coefficient (Wildman–Crippen LogP) is 1.86. The number of amides is 1. The van der Waals surface area contributed by atoms with Crippen LogP contribution < -0.4 is 11.5 Å². The summed E-state index contributed by atoms with van der Waals surface area (Å²) in [6.07, 6.45) is 0.297. The molecule has 0 aliphatic heterocycles. The van der Waals surface area contributed by atoms with Crippen molar-refractivity contribution in [1.29, 1.82) is 0 Å². The monoisotopic (exact) mass is 353 g/mol. The van der Waals surface area contributed by atoms with Gasteiger partial charge in [-0.2, -0.15) is 0 Å². The van der Waals surface area contributed by atoms with Crippen molar-refractivity contribution in [3.8, 4) is 11.5 Å². The number of ether oxygens (including phenoxy) is 1. The summed E-state index contributed by atoms with van der Waals surface area (Å²) < 4.78 is 10.8. The van der Waals surface area contributed by atoms with E-state index in [-0.39, 0.29) is 11.6 Å². The molecule has 0 spiro atoms. The van der Waals surface area contributed by atoms with Crippen LogP contribution in [-0.4, -0.2) is 28.0 Å². The van der Waals surface area contributed by atoms with Gasteiger partial charge in [0, 0.05) is 24.8 Å². The molecule has 0 aromatic carbocycles. The summed E-state index contributed by atoms with van der Waals surface area (Å²) in [5.41, 5.74) is 13.8. The van der Waals surface area contributed by atoms with E-state index < -0.39 is 5.91 Å². The summed E-state index contributed by atoms with van der Waals surface area (Å²) in [6.45, 7) is 2.21. The number of aromatic nitrogens is 3. The largest absolute Gasteiger partial charge is 0.460 e. The molecule has 0 fully saturated rings. The van der Waals surface area contributed by atoms with E-state index >= 15 is 0 Å². The van der Waals surface area contributed by atoms with Gasteiger partial charge in [-0.3, -0.25) is 9.78 Å². The second-order valence-electron chi connectivity index (χ2n) is 5.76. The average Bonchev–Trinajstić information content (AvgIpc) is 3.03. The average molecular weight is 353 g/mol. The number of carbonyl (C=O) groups excluding carboxylic acids is 1. The van der Waals surface area contributed by atoms with Crippen LogP contribution >= 0.6 is 0 Å². The van der Waals surface area contributed by atoms with Gasteiger partial charge in [0.05, 0.1) is 12.3 Å². The molecule has 0 unspecified atom stereocenters. The number of nitrogen functional groups attached to an aromatic ring is 1. The fraction of sp³-hybridized carbons (Fsp3) is 0.222. The molecule has 0 bridgehead atoms. The molecule has 3 heterocycles. The molecule has 8 nitrogen and oxygen atoms in total. The normalized spacial score (nSPS) is 10.8. The van der Waals surface area contributed by atoms with Gasteiger partial charge in [-0.25, -0.2) is 9.97 Å². The zero-order valence-corrected chi connectivity index (χ0v) is 14.5. The van der Waals surface area contributed by atoms with Crippen LogP contribution in [0.3, 0.4) is 0 Å². The SMILES string of the molecule is COCc1cccc(Cc2c(C(N)=O)nc(N)nc2-c2ccc(C)o2)n1. The Morgan fingerprint density at radius 3 is 2.58 bits per heavy atom. The molecular formula is C18H19N5O3. The first-order chi connectivity index (χ1) is 12.5. The summed E-state index contributed by atoms with van der Waals surface area (Å²) >= 11 is 0. The van der Waals surface area contributed by atoms with E-state index in [9.17, 15) is 4.79 Å². The zero-order valence-electron chi connectivity index (χ0n) is 14.5. The molecule has 8 heteroatoms. The molecule has 0 radical (unpaired) electrons. The number of rotatable bonds is 6. The number of hydrogen-bond donors (Lipinski definition) is 2. The van der Waals surface area contributed by atoms with E-state index in [1.807, 2.05) is 25.1 Å². The van der Waals surface area contributed by atoms with Crippen LogP contribution in [0.5, 0.6) is 0 Å². The molecule has 0 saturated heterocycles. The maximum Gasteiger partial charge on any atom is 0.267 e. The smallest absolute Gasteiger partial charge is 0.267 e. The predicted molar refractivity (Wildman–Crippen MR) is 95.2 cm³/mol. The highest BCUT2D eigenvalue weighted by molar-refractivity contribution is 5.94. The van der Waals surface area contributed by atoms with E-state index in [0.29, 0.717) is 35.8 Å². The van der Waals surface area contributed by atoms with E-state index in [4.69, 9.17) is 20.6 Å². The number of nitrogens with two attached hydrogens (primary N) is 2. The summed E-state index contributed by atoms with van der Waals surface area (Å²) in [4.78, 5) is 24.7. The van der Waals surface area contributed by atoms with E-state index in [2.05, 4.69) is 15.0 Å². The summed E-state index contributed by atoms with van der Waals surface area (Å²) in [7, 11) is 1.60. The molecule has 4 N–H and O–H groups in total. The van der Waals surface area contributed by atoms with Crippen molar-refractivity contribution in [3.05, 3.63) is 58.7 Å². The number of aryl methyl sites for hydroxylation is 1. The number of methoxy groups -OCH3 is 1. The first-order valence-electron chi connectivity index (χ1n) is 7.94. The minimum absolute atomic E-state index is 0.0484.